The Morgan fingerprint density at radius 3 is 1.20 bits per heavy atom. The van der Waals surface area contributed by atoms with Crippen LogP contribution >= 0.6 is 23.2 Å². The molecule has 0 radical (unpaired) electrons. The van der Waals surface area contributed by atoms with Gasteiger partial charge in [-0.15, -0.1) is 0 Å². The molecule has 4 aromatic carbocycles. The van der Waals surface area contributed by atoms with E-state index in [-0.39, 0.29) is 0 Å². The second kappa shape index (κ2) is 19.7. The van der Waals surface area contributed by atoms with E-state index in [1.165, 1.54) is 0 Å². The van der Waals surface area contributed by atoms with Crippen LogP contribution in [0.4, 0.5) is 0 Å². The van der Waals surface area contributed by atoms with Gasteiger partial charge in [-0.2, -0.15) is 0 Å². The summed E-state index contributed by atoms with van der Waals surface area (Å²) in [6.45, 7) is 0. The van der Waals surface area contributed by atoms with E-state index in [0.29, 0.717) is 61.4 Å². The van der Waals surface area contributed by atoms with Crippen LogP contribution in [0.25, 0.3) is 22.3 Å². The van der Waals surface area contributed by atoms with Crippen molar-refractivity contribution in [2.45, 2.75) is 63.6 Å². The van der Waals surface area contributed by atoms with Crippen LogP contribution in [-0.4, -0.2) is 34.1 Å². The predicted octanol–water partition coefficient (Wildman–Crippen LogP) is 10.8. The van der Waals surface area contributed by atoms with E-state index in [1.807, 2.05) is 72.8 Å². The molecule has 0 amide bonds. The monoisotopic (exact) mass is 756 g/mol. The number of hydrogen-bond acceptors (Lipinski definition) is 6. The van der Waals surface area contributed by atoms with Crippen LogP contribution in [0.2, 0.25) is 10.0 Å². The summed E-state index contributed by atoms with van der Waals surface area (Å²) >= 11 is 12.4. The Balaban J connectivity index is 1.09. The molecule has 2 atom stereocenters. The van der Waals surface area contributed by atoms with Gasteiger partial charge in [-0.05, 0) is 132 Å². The van der Waals surface area contributed by atoms with Crippen molar-refractivity contribution in [3.05, 3.63) is 178 Å². The third-order valence-corrected chi connectivity index (χ3v) is 9.87. The number of rotatable bonds is 16. The summed E-state index contributed by atoms with van der Waals surface area (Å²) in [5.74, 6) is -1.94. The Morgan fingerprint density at radius 1 is 0.463 bits per heavy atom. The Labute approximate surface area is 327 Å². The van der Waals surface area contributed by atoms with E-state index < -0.39 is 24.1 Å². The van der Waals surface area contributed by atoms with E-state index in [0.717, 1.165) is 44.5 Å². The van der Waals surface area contributed by atoms with Gasteiger partial charge in [-0.1, -0.05) is 108 Å². The second-order valence-electron chi connectivity index (χ2n) is 13.3. The summed E-state index contributed by atoms with van der Waals surface area (Å²) in [5, 5.41) is 1.38. The summed E-state index contributed by atoms with van der Waals surface area (Å²) in [7, 11) is 0. The fourth-order valence-electron chi connectivity index (χ4n) is 6.39. The summed E-state index contributed by atoms with van der Waals surface area (Å²) < 4.78 is 11.8. The van der Waals surface area contributed by atoms with Crippen molar-refractivity contribution in [3.8, 4) is 22.3 Å². The molecule has 0 saturated heterocycles. The molecule has 274 valence electrons. The van der Waals surface area contributed by atoms with Crippen molar-refractivity contribution in [3.63, 3.8) is 0 Å². The number of halogens is 2. The van der Waals surface area contributed by atoms with Crippen LogP contribution in [0, 0.1) is 0 Å². The molecule has 0 aliphatic carbocycles. The minimum absolute atomic E-state index is 0.496. The SMILES string of the molecule is O=C(O[C@@H](CCc1ccc(-c2cccc(Cl)c2)cc1)CCc1cccnc1)C(=O)O[C@@H](CCc1ccc(-c2cccc(Cl)c2)cc1)CCc1cccnc1. The fraction of sp³-hybridized carbons (Fsp3) is 0.217. The number of nitrogens with zero attached hydrogens (tertiary/aromatic N) is 2. The van der Waals surface area contributed by atoms with E-state index in [2.05, 4.69) is 58.5 Å². The van der Waals surface area contributed by atoms with Gasteiger partial charge in [0.1, 0.15) is 12.2 Å². The molecule has 6 aromatic rings. The van der Waals surface area contributed by atoms with E-state index >= 15 is 0 Å². The van der Waals surface area contributed by atoms with Crippen LogP contribution < -0.4 is 0 Å². The number of pyridine rings is 2. The predicted molar refractivity (Wildman–Crippen MR) is 215 cm³/mol. The molecule has 6 rings (SSSR count). The zero-order valence-electron chi connectivity index (χ0n) is 30.0. The highest BCUT2D eigenvalue weighted by Gasteiger charge is 2.26. The zero-order valence-corrected chi connectivity index (χ0v) is 31.5. The number of ether oxygens (including phenoxy) is 2. The van der Waals surface area contributed by atoms with Crippen molar-refractivity contribution in [1.82, 2.24) is 9.97 Å². The number of carbonyl (C=O) groups excluding carboxylic acids is 2. The number of esters is 2. The fourth-order valence-corrected chi connectivity index (χ4v) is 6.77. The average molecular weight is 758 g/mol. The highest BCUT2D eigenvalue weighted by molar-refractivity contribution is 6.31. The van der Waals surface area contributed by atoms with Crippen LogP contribution in [-0.2, 0) is 44.7 Å². The van der Waals surface area contributed by atoms with Gasteiger partial charge in [0.15, 0.2) is 0 Å². The van der Waals surface area contributed by atoms with E-state index in [1.54, 1.807) is 24.8 Å². The first-order valence-electron chi connectivity index (χ1n) is 18.3. The number of carbonyl (C=O) groups is 2. The van der Waals surface area contributed by atoms with Gasteiger partial charge in [0.2, 0.25) is 0 Å². The van der Waals surface area contributed by atoms with Crippen molar-refractivity contribution in [2.24, 2.45) is 0 Å². The van der Waals surface area contributed by atoms with Crippen LogP contribution in [0.1, 0.15) is 47.9 Å². The van der Waals surface area contributed by atoms with Crippen molar-refractivity contribution < 1.29 is 19.1 Å². The Kier molecular flexibility index (Phi) is 14.0. The molecule has 0 saturated carbocycles. The van der Waals surface area contributed by atoms with Gasteiger partial charge in [0, 0.05) is 34.8 Å². The highest BCUT2D eigenvalue weighted by Crippen LogP contribution is 2.26. The molecule has 0 spiro atoms. The highest BCUT2D eigenvalue weighted by atomic mass is 35.5. The van der Waals surface area contributed by atoms with Crippen molar-refractivity contribution >= 4 is 35.1 Å². The Bertz CT molecular complexity index is 1940. The standard InChI is InChI=1S/C46H42Cl2N2O4/c47-41-9-1-7-39(29-41)37-19-11-33(12-20-37)15-23-43(25-17-35-5-3-27-49-31-35)53-45(51)46(52)54-44(26-18-36-6-4-28-50-32-36)24-16-34-13-21-38(22-14-34)40-8-2-10-42(48)30-40/h1-14,19-22,27-32,43-44H,15-18,23-26H2/t43-,44-/m0/s1. The maximum Gasteiger partial charge on any atom is 0.417 e. The molecule has 2 aromatic heterocycles. The van der Waals surface area contributed by atoms with E-state index in [9.17, 15) is 9.59 Å². The van der Waals surface area contributed by atoms with Crippen molar-refractivity contribution in [2.75, 3.05) is 0 Å². The molecular formula is C46H42Cl2N2O4. The van der Waals surface area contributed by atoms with Gasteiger partial charge < -0.3 is 9.47 Å². The first-order chi connectivity index (χ1) is 26.4. The summed E-state index contributed by atoms with van der Waals surface area (Å²) in [4.78, 5) is 35.1. The molecule has 0 unspecified atom stereocenters. The third-order valence-electron chi connectivity index (χ3n) is 9.40. The summed E-state index contributed by atoms with van der Waals surface area (Å²) in [6.07, 6.45) is 10.9. The molecule has 0 N–H and O–H groups in total. The van der Waals surface area contributed by atoms with Crippen LogP contribution in [0.15, 0.2) is 146 Å². The summed E-state index contributed by atoms with van der Waals surface area (Å²) in [6, 6.07) is 39.8. The topological polar surface area (TPSA) is 78.4 Å². The van der Waals surface area contributed by atoms with E-state index in [4.69, 9.17) is 32.7 Å². The zero-order chi connectivity index (χ0) is 37.5. The maximum absolute atomic E-state index is 13.3. The van der Waals surface area contributed by atoms with Gasteiger partial charge in [-0.25, -0.2) is 9.59 Å². The number of aromatic nitrogens is 2. The lowest BCUT2D eigenvalue weighted by Crippen LogP contribution is -2.30. The Morgan fingerprint density at radius 2 is 0.852 bits per heavy atom. The molecule has 8 heteroatoms. The van der Waals surface area contributed by atoms with Gasteiger partial charge in [0.25, 0.3) is 0 Å². The molecule has 0 bridgehead atoms. The minimum atomic E-state index is -0.972. The smallest absolute Gasteiger partial charge is 0.417 e. The first kappa shape index (κ1) is 38.4. The van der Waals surface area contributed by atoms with Gasteiger partial charge in [-0.3, -0.25) is 9.97 Å². The van der Waals surface area contributed by atoms with Gasteiger partial charge >= 0.3 is 11.9 Å². The third kappa shape index (κ3) is 11.9. The molecule has 6 nitrogen and oxygen atoms in total. The van der Waals surface area contributed by atoms with Crippen LogP contribution in [0.3, 0.4) is 0 Å². The normalized spacial score (nSPS) is 12.1. The molecule has 54 heavy (non-hydrogen) atoms. The number of benzene rings is 4. The van der Waals surface area contributed by atoms with Crippen LogP contribution in [0.5, 0.6) is 0 Å². The quantitative estimate of drug-likeness (QED) is 0.0723. The molecule has 0 aliphatic rings. The lowest BCUT2D eigenvalue weighted by molar-refractivity contribution is -0.174. The number of aryl methyl sites for hydroxylation is 4. The molecule has 2 heterocycles. The van der Waals surface area contributed by atoms with Crippen molar-refractivity contribution in [1.29, 1.82) is 0 Å². The lowest BCUT2D eigenvalue weighted by atomic mass is 9.99. The van der Waals surface area contributed by atoms with Gasteiger partial charge in [0.05, 0.1) is 0 Å². The summed E-state index contributed by atoms with van der Waals surface area (Å²) in [5.41, 5.74) is 8.48. The minimum Gasteiger partial charge on any atom is -0.454 e. The first-order valence-corrected chi connectivity index (χ1v) is 19.0. The second-order valence-corrected chi connectivity index (χ2v) is 14.2. The molecule has 0 aliphatic heterocycles. The molecule has 0 fully saturated rings. The maximum atomic E-state index is 13.3. The number of hydrogen-bond donors (Lipinski definition) is 0. The molecular weight excluding hydrogens is 715 g/mol. The largest absolute Gasteiger partial charge is 0.454 e. The Hall–Kier alpha value is -5.30. The average Bonchev–Trinajstić information content (AvgIpc) is 3.21. The lowest BCUT2D eigenvalue weighted by Gasteiger charge is -2.20.